The second kappa shape index (κ2) is 7.23. The molecule has 17 heavy (non-hydrogen) atoms. The van der Waals surface area contributed by atoms with Gasteiger partial charge in [0.05, 0.1) is 0 Å². The number of carbonyl (C=O) groups excluding carboxylic acids is 1. The van der Waals surface area contributed by atoms with Gasteiger partial charge in [0.1, 0.15) is 6.61 Å². The number of ether oxygens (including phenoxy) is 1. The molecular formula is C15H16O2. The van der Waals surface area contributed by atoms with Crippen LogP contribution in [-0.2, 0) is 9.53 Å². The van der Waals surface area contributed by atoms with Crippen molar-refractivity contribution in [3.05, 3.63) is 66.3 Å². The standard InChI is InChI=1S/C15H16O2/c1-3-12-17-15(16)13(2)8-7-11-14-9-5-4-6-10-14/h3-11H,1,12H2,2H3. The van der Waals surface area contributed by atoms with Gasteiger partial charge in [-0.1, -0.05) is 61.2 Å². The molecule has 0 saturated carbocycles. The summed E-state index contributed by atoms with van der Waals surface area (Å²) >= 11 is 0. The van der Waals surface area contributed by atoms with E-state index >= 15 is 0 Å². The van der Waals surface area contributed by atoms with Crippen molar-refractivity contribution in [3.8, 4) is 0 Å². The average Bonchev–Trinajstić information content (AvgIpc) is 2.37. The Balaban J connectivity index is 2.55. The van der Waals surface area contributed by atoms with Crippen LogP contribution in [0.3, 0.4) is 0 Å². The fraction of sp³-hybridized carbons (Fsp3) is 0.133. The smallest absolute Gasteiger partial charge is 0.334 e. The second-order valence-corrected chi connectivity index (χ2v) is 3.51. The molecule has 2 heteroatoms. The van der Waals surface area contributed by atoms with Crippen LogP contribution in [0.15, 0.2) is 60.7 Å². The van der Waals surface area contributed by atoms with Crippen molar-refractivity contribution >= 4 is 12.0 Å². The Labute approximate surface area is 102 Å². The lowest BCUT2D eigenvalue weighted by molar-refractivity contribution is -0.137. The Morgan fingerprint density at radius 1 is 1.35 bits per heavy atom. The van der Waals surface area contributed by atoms with Crippen molar-refractivity contribution < 1.29 is 9.53 Å². The molecule has 0 heterocycles. The Morgan fingerprint density at radius 3 is 2.71 bits per heavy atom. The van der Waals surface area contributed by atoms with Gasteiger partial charge in [-0.25, -0.2) is 4.79 Å². The highest BCUT2D eigenvalue weighted by Gasteiger charge is 2.02. The van der Waals surface area contributed by atoms with Crippen LogP contribution in [0, 0.1) is 0 Å². The molecule has 0 radical (unpaired) electrons. The minimum atomic E-state index is -0.317. The summed E-state index contributed by atoms with van der Waals surface area (Å²) in [7, 11) is 0. The van der Waals surface area contributed by atoms with Crippen molar-refractivity contribution in [2.24, 2.45) is 0 Å². The SMILES string of the molecule is C=CCOC(=O)C(C)=CC=Cc1ccccc1. The van der Waals surface area contributed by atoms with Crippen molar-refractivity contribution in [2.75, 3.05) is 6.61 Å². The third kappa shape index (κ3) is 4.98. The summed E-state index contributed by atoms with van der Waals surface area (Å²) in [4.78, 5) is 11.4. The zero-order valence-electron chi connectivity index (χ0n) is 9.93. The number of allylic oxidation sites excluding steroid dienone is 2. The first-order valence-corrected chi connectivity index (χ1v) is 5.42. The number of hydrogen-bond donors (Lipinski definition) is 0. The maximum Gasteiger partial charge on any atom is 0.334 e. The van der Waals surface area contributed by atoms with E-state index in [4.69, 9.17) is 4.74 Å². The zero-order valence-corrected chi connectivity index (χ0v) is 9.93. The van der Waals surface area contributed by atoms with Gasteiger partial charge in [0, 0.05) is 5.57 Å². The summed E-state index contributed by atoms with van der Waals surface area (Å²) < 4.78 is 4.90. The Kier molecular flexibility index (Phi) is 5.52. The van der Waals surface area contributed by atoms with Gasteiger partial charge in [-0.05, 0) is 12.5 Å². The molecular weight excluding hydrogens is 212 g/mol. The first-order chi connectivity index (χ1) is 8.24. The van der Waals surface area contributed by atoms with Crippen LogP contribution in [0.2, 0.25) is 0 Å². The summed E-state index contributed by atoms with van der Waals surface area (Å²) in [5, 5.41) is 0. The summed E-state index contributed by atoms with van der Waals surface area (Å²) in [6.07, 6.45) is 7.05. The molecule has 1 aromatic carbocycles. The molecule has 1 rings (SSSR count). The molecule has 0 amide bonds. The fourth-order valence-corrected chi connectivity index (χ4v) is 1.18. The lowest BCUT2D eigenvalue weighted by Crippen LogP contribution is -2.05. The molecule has 0 N–H and O–H groups in total. The molecule has 0 spiro atoms. The molecule has 1 aromatic rings. The van der Waals surface area contributed by atoms with Crippen molar-refractivity contribution in [3.63, 3.8) is 0 Å². The van der Waals surface area contributed by atoms with Crippen LogP contribution in [0.25, 0.3) is 6.08 Å². The molecule has 0 bridgehead atoms. The first-order valence-electron chi connectivity index (χ1n) is 5.42. The second-order valence-electron chi connectivity index (χ2n) is 3.51. The molecule has 0 aliphatic rings. The van der Waals surface area contributed by atoms with E-state index in [-0.39, 0.29) is 12.6 Å². The number of carbonyl (C=O) groups is 1. The lowest BCUT2D eigenvalue weighted by atomic mass is 10.2. The minimum Gasteiger partial charge on any atom is -0.458 e. The summed E-state index contributed by atoms with van der Waals surface area (Å²) in [5.41, 5.74) is 1.66. The number of esters is 1. The van der Waals surface area contributed by atoms with Gasteiger partial charge >= 0.3 is 5.97 Å². The molecule has 0 aliphatic heterocycles. The molecule has 0 unspecified atom stereocenters. The van der Waals surface area contributed by atoms with Crippen molar-refractivity contribution in [2.45, 2.75) is 6.92 Å². The van der Waals surface area contributed by atoms with Crippen molar-refractivity contribution in [1.29, 1.82) is 0 Å². The highest BCUT2D eigenvalue weighted by atomic mass is 16.5. The zero-order chi connectivity index (χ0) is 12.5. The topological polar surface area (TPSA) is 26.3 Å². The van der Waals surface area contributed by atoms with E-state index in [1.54, 1.807) is 19.1 Å². The van der Waals surface area contributed by atoms with Crippen LogP contribution in [0.1, 0.15) is 12.5 Å². The number of rotatable bonds is 5. The summed E-state index contributed by atoms with van der Waals surface area (Å²) in [6, 6.07) is 9.89. The normalized spacial score (nSPS) is 11.5. The quantitative estimate of drug-likeness (QED) is 0.334. The van der Waals surface area contributed by atoms with Gasteiger partial charge in [-0.3, -0.25) is 0 Å². The van der Waals surface area contributed by atoms with Gasteiger partial charge in [0.15, 0.2) is 0 Å². The molecule has 0 aliphatic carbocycles. The molecule has 0 aromatic heterocycles. The van der Waals surface area contributed by atoms with Crippen LogP contribution < -0.4 is 0 Å². The van der Waals surface area contributed by atoms with Gasteiger partial charge in [-0.2, -0.15) is 0 Å². The maximum absolute atomic E-state index is 11.4. The van der Waals surface area contributed by atoms with E-state index in [9.17, 15) is 4.79 Å². The van der Waals surface area contributed by atoms with E-state index in [2.05, 4.69) is 6.58 Å². The number of benzene rings is 1. The van der Waals surface area contributed by atoms with Gasteiger partial charge in [-0.15, -0.1) is 0 Å². The first kappa shape index (κ1) is 13.0. The van der Waals surface area contributed by atoms with Crippen LogP contribution in [0.4, 0.5) is 0 Å². The Morgan fingerprint density at radius 2 is 2.06 bits per heavy atom. The lowest BCUT2D eigenvalue weighted by Gasteiger charge is -1.99. The van der Waals surface area contributed by atoms with E-state index in [0.29, 0.717) is 5.57 Å². The van der Waals surface area contributed by atoms with Crippen LogP contribution in [-0.4, -0.2) is 12.6 Å². The van der Waals surface area contributed by atoms with Gasteiger partial charge < -0.3 is 4.74 Å². The number of hydrogen-bond acceptors (Lipinski definition) is 2. The Bertz CT molecular complexity index is 427. The highest BCUT2D eigenvalue weighted by molar-refractivity contribution is 5.88. The highest BCUT2D eigenvalue weighted by Crippen LogP contribution is 2.03. The third-order valence-corrected chi connectivity index (χ3v) is 2.09. The Hall–Kier alpha value is -2.09. The predicted octanol–water partition coefficient (Wildman–Crippen LogP) is 3.38. The molecule has 88 valence electrons. The molecule has 2 nitrogen and oxygen atoms in total. The largest absolute Gasteiger partial charge is 0.458 e. The van der Waals surface area contributed by atoms with Crippen LogP contribution >= 0.6 is 0 Å². The van der Waals surface area contributed by atoms with Crippen molar-refractivity contribution in [1.82, 2.24) is 0 Å². The summed E-state index contributed by atoms with van der Waals surface area (Å²) in [5.74, 6) is -0.317. The molecule has 0 atom stereocenters. The molecule has 0 saturated heterocycles. The maximum atomic E-state index is 11.4. The van der Waals surface area contributed by atoms with Gasteiger partial charge in [0.25, 0.3) is 0 Å². The monoisotopic (exact) mass is 228 g/mol. The predicted molar refractivity (Wildman–Crippen MR) is 70.4 cm³/mol. The van der Waals surface area contributed by atoms with Gasteiger partial charge in [0.2, 0.25) is 0 Å². The average molecular weight is 228 g/mol. The third-order valence-electron chi connectivity index (χ3n) is 2.09. The minimum absolute atomic E-state index is 0.242. The van der Waals surface area contributed by atoms with Crippen LogP contribution in [0.5, 0.6) is 0 Å². The van der Waals surface area contributed by atoms with E-state index in [1.165, 1.54) is 0 Å². The fourth-order valence-electron chi connectivity index (χ4n) is 1.18. The summed E-state index contributed by atoms with van der Waals surface area (Å²) in [6.45, 7) is 5.45. The van der Waals surface area contributed by atoms with E-state index in [0.717, 1.165) is 5.56 Å². The van der Waals surface area contributed by atoms with E-state index < -0.39 is 0 Å². The molecule has 0 fully saturated rings. The van der Waals surface area contributed by atoms with E-state index in [1.807, 2.05) is 42.5 Å².